The van der Waals surface area contributed by atoms with E-state index in [-0.39, 0.29) is 17.7 Å². The highest BCUT2D eigenvalue weighted by Crippen LogP contribution is 2.52. The summed E-state index contributed by atoms with van der Waals surface area (Å²) >= 11 is 0. The average molecular weight is 603 g/mol. The lowest BCUT2D eigenvalue weighted by Gasteiger charge is -2.29. The normalized spacial score (nSPS) is 29.7. The fourth-order valence-corrected chi connectivity index (χ4v) is 6.01. The molecular weight excluding hydrogens is 565 g/mol. The van der Waals surface area contributed by atoms with Gasteiger partial charge in [0.2, 0.25) is 0 Å². The third kappa shape index (κ3) is 7.89. The molecule has 15 heteroatoms. The molecule has 0 amide bonds. The molecule has 1 aromatic heterocycles. The van der Waals surface area contributed by atoms with Crippen molar-refractivity contribution in [1.82, 2.24) is 14.6 Å². The third-order valence-corrected chi connectivity index (χ3v) is 8.27. The maximum atomic E-state index is 16.0. The van der Waals surface area contributed by atoms with Crippen LogP contribution in [-0.4, -0.2) is 57.0 Å². The van der Waals surface area contributed by atoms with E-state index in [0.717, 1.165) is 38.4 Å². The van der Waals surface area contributed by atoms with Crippen molar-refractivity contribution in [3.8, 4) is 0 Å². The molecule has 1 aliphatic carbocycles. The van der Waals surface area contributed by atoms with Crippen molar-refractivity contribution in [1.29, 1.82) is 0 Å². The number of nitrogens with zero attached hydrogens (tertiary/aromatic N) is 2. The number of nitrogen functional groups attached to an aromatic ring is 1. The number of carbonyl (C=O) groups is 1. The molecule has 1 aliphatic heterocycles. The van der Waals surface area contributed by atoms with Gasteiger partial charge in [0, 0.05) is 6.20 Å². The van der Waals surface area contributed by atoms with Crippen LogP contribution < -0.4 is 16.5 Å². The molecule has 2 aliphatic rings. The second-order valence-corrected chi connectivity index (χ2v) is 11.8. The van der Waals surface area contributed by atoms with E-state index in [1.54, 1.807) is 13.0 Å². The molecule has 2 heterocycles. The second kappa shape index (κ2) is 13.4. The minimum atomic E-state index is -4.64. The summed E-state index contributed by atoms with van der Waals surface area (Å²) in [5, 5.41) is 13.0. The van der Waals surface area contributed by atoms with Gasteiger partial charge in [-0.2, -0.15) is 10.1 Å². The number of alkyl halides is 2. The van der Waals surface area contributed by atoms with Crippen LogP contribution in [0.1, 0.15) is 59.1 Å². The predicted molar refractivity (Wildman–Crippen MR) is 146 cm³/mol. The Hall–Kier alpha value is -2.90. The topological polar surface area (TPSA) is 164 Å². The molecule has 0 aromatic carbocycles. The molecular formula is C26H37F2N4O8P. The Kier molecular flexibility index (Phi) is 10.6. The van der Waals surface area contributed by atoms with Crippen molar-refractivity contribution in [2.24, 2.45) is 0 Å². The average Bonchev–Trinajstić information content (AvgIpc) is 3.08. The minimum absolute atomic E-state index is 0.0281. The number of rotatable bonds is 12. The summed E-state index contributed by atoms with van der Waals surface area (Å²) in [7, 11) is -4.64. The highest BCUT2D eigenvalue weighted by Gasteiger charge is 2.65. The van der Waals surface area contributed by atoms with Crippen LogP contribution in [0.15, 0.2) is 53.7 Å². The Morgan fingerprint density at radius 3 is 2.71 bits per heavy atom. The van der Waals surface area contributed by atoms with Crippen molar-refractivity contribution < 1.29 is 41.8 Å². The second-order valence-electron chi connectivity index (χ2n) is 10.1. The Balaban J connectivity index is 1.83. The summed E-state index contributed by atoms with van der Waals surface area (Å²) in [5.74, 6) is -4.24. The largest absolute Gasteiger partial charge is 0.461 e. The number of esters is 1. The number of anilines is 1. The van der Waals surface area contributed by atoms with E-state index in [1.165, 1.54) is 25.2 Å². The number of ether oxygens (including phenoxy) is 2. The number of halogens is 2. The van der Waals surface area contributed by atoms with Gasteiger partial charge in [-0.15, -0.1) is 0 Å². The van der Waals surface area contributed by atoms with Crippen LogP contribution in [0.5, 0.6) is 0 Å². The smallest absolute Gasteiger partial charge is 0.459 e. The summed E-state index contributed by atoms with van der Waals surface area (Å²) in [6.07, 6.45) is 6.16. The van der Waals surface area contributed by atoms with Gasteiger partial charge in [0.15, 0.2) is 18.0 Å². The number of hydrogen-bond acceptors (Lipinski definition) is 10. The summed E-state index contributed by atoms with van der Waals surface area (Å²) in [5.41, 5.74) is 1.54. The summed E-state index contributed by atoms with van der Waals surface area (Å²) in [6.45, 7) is 6.06. The Morgan fingerprint density at radius 1 is 1.41 bits per heavy atom. The van der Waals surface area contributed by atoms with Gasteiger partial charge in [-0.05, 0) is 64.7 Å². The predicted octanol–water partition coefficient (Wildman–Crippen LogP) is 3.75. The Bertz CT molecular complexity index is 1270. The van der Waals surface area contributed by atoms with Crippen LogP contribution in [0.25, 0.3) is 0 Å². The van der Waals surface area contributed by atoms with Gasteiger partial charge in [0.05, 0.1) is 0 Å². The number of aliphatic hydroxyl groups is 1. The highest BCUT2D eigenvalue weighted by atomic mass is 31.2. The molecule has 1 aromatic rings. The maximum Gasteiger partial charge on any atom is 0.459 e. The monoisotopic (exact) mass is 602 g/mol. The molecule has 0 bridgehead atoms. The van der Waals surface area contributed by atoms with E-state index in [9.17, 15) is 19.3 Å². The highest BCUT2D eigenvalue weighted by molar-refractivity contribution is 7.51. The zero-order valence-corrected chi connectivity index (χ0v) is 24.1. The van der Waals surface area contributed by atoms with Gasteiger partial charge in [-0.3, -0.25) is 13.9 Å². The molecule has 1 saturated heterocycles. The first-order valence-corrected chi connectivity index (χ1v) is 14.7. The quantitative estimate of drug-likeness (QED) is 0.138. The Morgan fingerprint density at radius 2 is 2.10 bits per heavy atom. The fraction of sp³-hybridized carbons (Fsp3) is 0.577. The van der Waals surface area contributed by atoms with Gasteiger partial charge in [0.1, 0.15) is 30.3 Å². The maximum absolute atomic E-state index is 16.0. The first-order chi connectivity index (χ1) is 19.2. The number of carbonyl (C=O) groups excluding carboxylic acids is 1. The summed E-state index contributed by atoms with van der Waals surface area (Å²) < 4.78 is 67.5. The van der Waals surface area contributed by atoms with E-state index in [4.69, 9.17) is 24.3 Å². The van der Waals surface area contributed by atoms with E-state index in [2.05, 4.69) is 16.7 Å². The van der Waals surface area contributed by atoms with Gasteiger partial charge < -0.3 is 24.8 Å². The number of aromatic nitrogens is 2. The summed E-state index contributed by atoms with van der Waals surface area (Å²) in [4.78, 5) is 28.5. The molecule has 2 fully saturated rings. The first kappa shape index (κ1) is 32.6. The van der Waals surface area contributed by atoms with Crippen LogP contribution >= 0.6 is 7.75 Å². The molecule has 12 nitrogen and oxygen atoms in total. The lowest BCUT2D eigenvalue weighted by molar-refractivity contribution is -0.204. The molecule has 228 valence electrons. The molecule has 0 radical (unpaired) electrons. The van der Waals surface area contributed by atoms with E-state index < -0.39 is 55.9 Å². The van der Waals surface area contributed by atoms with E-state index >= 15 is 8.78 Å². The van der Waals surface area contributed by atoms with E-state index in [0.29, 0.717) is 17.4 Å². The van der Waals surface area contributed by atoms with Gasteiger partial charge >= 0.3 is 19.4 Å². The lowest BCUT2D eigenvalue weighted by Crippen LogP contribution is -2.47. The van der Waals surface area contributed by atoms with Crippen molar-refractivity contribution in [3.05, 3.63) is 59.4 Å². The van der Waals surface area contributed by atoms with Crippen molar-refractivity contribution in [2.75, 3.05) is 12.3 Å². The van der Waals surface area contributed by atoms with Crippen LogP contribution in [0.2, 0.25) is 0 Å². The zero-order chi connectivity index (χ0) is 30.4. The molecule has 1 unspecified atom stereocenters. The number of allylic oxidation sites excluding steroid dienone is 4. The zero-order valence-electron chi connectivity index (χ0n) is 23.2. The van der Waals surface area contributed by atoms with Crippen LogP contribution in [0, 0.1) is 0 Å². The SMILES string of the molecule is C=C/C=C(\C=C/C)OP(=O)(N[C@@H](C)C(=O)OC1CCCCC1)OC[C@@]1(F)O[C@@H](n2ccc(N)nc2=O)[C@](C)(F)[C@@H]1O. The van der Waals surface area contributed by atoms with Crippen LogP contribution in [0.3, 0.4) is 0 Å². The standard InChI is InChI=1S/C26H37F2N4O8P/c1-5-10-19(11-6-2)40-41(36,31-17(3)21(33)38-18-12-8-7-9-13-18)37-16-26(28)22(34)25(4,27)23(39-26)32-15-14-20(29)30-24(32)35/h5-6,10-11,14-15,17-18,22-23,34H,1,7-9,12-13,16H2,2-4H3,(H,31,36)(H2,29,30,35)/b11-6-,19-10+/t17-,22-,23+,25+,26+,41?/m0/s1. The molecule has 3 rings (SSSR count). The first-order valence-electron chi connectivity index (χ1n) is 13.2. The van der Waals surface area contributed by atoms with Gasteiger partial charge in [-0.25, -0.2) is 18.1 Å². The minimum Gasteiger partial charge on any atom is -0.461 e. The third-order valence-electron chi connectivity index (χ3n) is 6.65. The van der Waals surface area contributed by atoms with E-state index in [1.807, 2.05) is 0 Å². The van der Waals surface area contributed by atoms with Crippen molar-refractivity contribution in [3.63, 3.8) is 0 Å². The number of nitrogens with two attached hydrogens (primary N) is 1. The lowest BCUT2D eigenvalue weighted by atomic mass is 9.97. The molecule has 6 atom stereocenters. The van der Waals surface area contributed by atoms with Gasteiger partial charge in [0.25, 0.3) is 5.85 Å². The van der Waals surface area contributed by atoms with Crippen molar-refractivity contribution >= 4 is 19.5 Å². The molecule has 41 heavy (non-hydrogen) atoms. The van der Waals surface area contributed by atoms with Crippen LogP contribution in [-0.2, 0) is 27.9 Å². The van der Waals surface area contributed by atoms with Crippen LogP contribution in [0.4, 0.5) is 14.6 Å². The number of aliphatic hydroxyl groups excluding tert-OH is 1. The molecule has 1 saturated carbocycles. The molecule has 4 N–H and O–H groups in total. The summed E-state index contributed by atoms with van der Waals surface area (Å²) in [6, 6.07) is -0.0712. The molecule has 0 spiro atoms. The number of hydrogen-bond donors (Lipinski definition) is 3. The van der Waals surface area contributed by atoms with Crippen molar-refractivity contribution in [2.45, 2.75) is 88.9 Å². The Labute approximate surface area is 236 Å². The van der Waals surface area contributed by atoms with Gasteiger partial charge in [-0.1, -0.05) is 25.2 Å². The number of nitrogens with one attached hydrogen (secondary N) is 1. The fourth-order valence-electron chi connectivity index (χ4n) is 4.51.